The average Bonchev–Trinajstić information content (AvgIpc) is 2.21. The lowest BCUT2D eigenvalue weighted by molar-refractivity contribution is -0.141. The van der Waals surface area contributed by atoms with E-state index in [0.717, 1.165) is 0 Å². The molecule has 0 spiro atoms. The molecule has 5 nitrogen and oxygen atoms in total. The molecule has 15 heavy (non-hydrogen) atoms. The smallest absolute Gasteiger partial charge is 0.307 e. The van der Waals surface area contributed by atoms with E-state index >= 15 is 0 Å². The summed E-state index contributed by atoms with van der Waals surface area (Å²) < 4.78 is 10.0. The van der Waals surface area contributed by atoms with Gasteiger partial charge in [0.05, 0.1) is 25.7 Å². The largest absolute Gasteiger partial charge is 0.481 e. The number of methoxy groups -OCH3 is 1. The Morgan fingerprint density at radius 2 is 2.00 bits per heavy atom. The number of aliphatic carboxylic acids is 1. The average molecular weight is 219 g/mol. The second-order valence-electron chi connectivity index (χ2n) is 3.47. The first-order valence-corrected chi connectivity index (χ1v) is 5.12. The van der Waals surface area contributed by atoms with Crippen LogP contribution in [0.15, 0.2) is 0 Å². The summed E-state index contributed by atoms with van der Waals surface area (Å²) in [5, 5.41) is 11.8. The number of hydrogen-bond acceptors (Lipinski definition) is 4. The first-order chi connectivity index (χ1) is 7.09. The van der Waals surface area contributed by atoms with Crippen LogP contribution in [0.25, 0.3) is 0 Å². The molecule has 2 unspecified atom stereocenters. The van der Waals surface area contributed by atoms with Crippen molar-refractivity contribution >= 4 is 5.97 Å². The number of hydrogen-bond donors (Lipinski definition) is 2. The summed E-state index contributed by atoms with van der Waals surface area (Å²) in [6.45, 7) is 5.92. The number of carbonyl (C=O) groups is 1. The molecule has 5 heteroatoms. The quantitative estimate of drug-likeness (QED) is 0.548. The molecule has 0 amide bonds. The van der Waals surface area contributed by atoms with Gasteiger partial charge in [-0.05, 0) is 6.92 Å². The molecule has 0 heterocycles. The van der Waals surface area contributed by atoms with Crippen LogP contribution in [0.3, 0.4) is 0 Å². The van der Waals surface area contributed by atoms with E-state index in [4.69, 9.17) is 14.6 Å². The van der Waals surface area contributed by atoms with E-state index in [0.29, 0.717) is 26.4 Å². The summed E-state index contributed by atoms with van der Waals surface area (Å²) in [6.07, 6.45) is 0. The van der Waals surface area contributed by atoms with Gasteiger partial charge in [0.25, 0.3) is 0 Å². The molecule has 0 aromatic rings. The predicted molar refractivity (Wildman–Crippen MR) is 57.0 cm³/mol. The van der Waals surface area contributed by atoms with Crippen LogP contribution in [0, 0.1) is 5.92 Å². The lowest BCUT2D eigenvalue weighted by Gasteiger charge is -2.17. The lowest BCUT2D eigenvalue weighted by atomic mass is 10.0. The molecule has 0 aliphatic rings. The zero-order chi connectivity index (χ0) is 11.7. The molecule has 0 bridgehead atoms. The third-order valence-corrected chi connectivity index (χ3v) is 2.28. The highest BCUT2D eigenvalue weighted by Gasteiger charge is 2.17. The molecular weight excluding hydrogens is 198 g/mol. The summed E-state index contributed by atoms with van der Waals surface area (Å²) in [5.41, 5.74) is 0. The van der Waals surface area contributed by atoms with Crippen molar-refractivity contribution in [2.24, 2.45) is 5.92 Å². The highest BCUT2D eigenvalue weighted by Crippen LogP contribution is 2.01. The van der Waals surface area contributed by atoms with Gasteiger partial charge in [-0.25, -0.2) is 0 Å². The maximum Gasteiger partial charge on any atom is 0.307 e. The number of carboxylic acid groups (broad SMARTS) is 1. The van der Waals surface area contributed by atoms with Crippen LogP contribution in [-0.2, 0) is 14.3 Å². The maximum atomic E-state index is 10.6. The summed E-state index contributed by atoms with van der Waals surface area (Å²) in [4.78, 5) is 10.6. The Morgan fingerprint density at radius 1 is 1.33 bits per heavy atom. The minimum atomic E-state index is -0.782. The molecule has 0 aliphatic heterocycles. The van der Waals surface area contributed by atoms with Crippen molar-refractivity contribution in [3.8, 4) is 0 Å². The summed E-state index contributed by atoms with van der Waals surface area (Å²) in [7, 11) is 1.62. The SMILES string of the molecule is COCCOCCNC(C)C(C)C(=O)O. The monoisotopic (exact) mass is 219 g/mol. The van der Waals surface area contributed by atoms with E-state index in [9.17, 15) is 4.79 Å². The van der Waals surface area contributed by atoms with E-state index in [1.807, 2.05) is 6.92 Å². The molecule has 0 aromatic carbocycles. The van der Waals surface area contributed by atoms with Gasteiger partial charge in [-0.2, -0.15) is 0 Å². The molecule has 0 saturated heterocycles. The van der Waals surface area contributed by atoms with E-state index < -0.39 is 5.97 Å². The highest BCUT2D eigenvalue weighted by atomic mass is 16.5. The second kappa shape index (κ2) is 8.64. The Morgan fingerprint density at radius 3 is 2.53 bits per heavy atom. The van der Waals surface area contributed by atoms with Crippen LogP contribution < -0.4 is 5.32 Å². The van der Waals surface area contributed by atoms with Gasteiger partial charge < -0.3 is 19.9 Å². The van der Waals surface area contributed by atoms with Gasteiger partial charge in [-0.15, -0.1) is 0 Å². The molecule has 2 atom stereocenters. The minimum Gasteiger partial charge on any atom is -0.481 e. The van der Waals surface area contributed by atoms with Crippen molar-refractivity contribution in [2.45, 2.75) is 19.9 Å². The second-order valence-corrected chi connectivity index (χ2v) is 3.47. The van der Waals surface area contributed by atoms with Crippen molar-refractivity contribution in [3.63, 3.8) is 0 Å². The van der Waals surface area contributed by atoms with Crippen LogP contribution in [0.2, 0.25) is 0 Å². The number of nitrogens with one attached hydrogen (secondary N) is 1. The van der Waals surface area contributed by atoms with Gasteiger partial charge >= 0.3 is 5.97 Å². The van der Waals surface area contributed by atoms with Gasteiger partial charge in [-0.3, -0.25) is 4.79 Å². The zero-order valence-corrected chi connectivity index (χ0v) is 9.66. The van der Waals surface area contributed by atoms with Gasteiger partial charge in [-0.1, -0.05) is 6.92 Å². The minimum absolute atomic E-state index is 0.0477. The molecule has 0 saturated carbocycles. The van der Waals surface area contributed by atoms with Gasteiger partial charge in [0.15, 0.2) is 0 Å². The van der Waals surface area contributed by atoms with Gasteiger partial charge in [0.1, 0.15) is 0 Å². The number of ether oxygens (including phenoxy) is 2. The van der Waals surface area contributed by atoms with E-state index in [2.05, 4.69) is 5.32 Å². The fourth-order valence-electron chi connectivity index (χ4n) is 0.994. The molecule has 0 radical (unpaired) electrons. The molecule has 0 rings (SSSR count). The first-order valence-electron chi connectivity index (χ1n) is 5.12. The Labute approximate surface area is 90.8 Å². The zero-order valence-electron chi connectivity index (χ0n) is 9.66. The van der Waals surface area contributed by atoms with Gasteiger partial charge in [0, 0.05) is 19.7 Å². The Hall–Kier alpha value is -0.650. The Bertz CT molecular complexity index is 175. The summed E-state index contributed by atoms with van der Waals surface area (Å²) in [6, 6.07) is -0.0477. The van der Waals surface area contributed by atoms with Crippen LogP contribution in [0.1, 0.15) is 13.8 Å². The fourth-order valence-corrected chi connectivity index (χ4v) is 0.994. The molecular formula is C10H21NO4. The van der Waals surface area contributed by atoms with Crippen molar-refractivity contribution in [1.29, 1.82) is 0 Å². The summed E-state index contributed by atoms with van der Waals surface area (Å²) >= 11 is 0. The lowest BCUT2D eigenvalue weighted by Crippen LogP contribution is -2.38. The third-order valence-electron chi connectivity index (χ3n) is 2.28. The van der Waals surface area contributed by atoms with Crippen LogP contribution in [-0.4, -0.2) is 50.6 Å². The molecule has 0 aliphatic carbocycles. The van der Waals surface area contributed by atoms with E-state index in [1.54, 1.807) is 14.0 Å². The fraction of sp³-hybridized carbons (Fsp3) is 0.900. The molecule has 90 valence electrons. The maximum absolute atomic E-state index is 10.6. The Balaban J connectivity index is 3.38. The highest BCUT2D eigenvalue weighted by molar-refractivity contribution is 5.70. The van der Waals surface area contributed by atoms with Crippen LogP contribution >= 0.6 is 0 Å². The van der Waals surface area contributed by atoms with Crippen LogP contribution in [0.4, 0.5) is 0 Å². The third kappa shape index (κ3) is 7.30. The number of rotatable bonds is 9. The van der Waals surface area contributed by atoms with Gasteiger partial charge in [0.2, 0.25) is 0 Å². The topological polar surface area (TPSA) is 67.8 Å². The van der Waals surface area contributed by atoms with Crippen molar-refractivity contribution in [2.75, 3.05) is 33.5 Å². The Kier molecular flexibility index (Phi) is 8.27. The number of carboxylic acids is 1. The van der Waals surface area contributed by atoms with Crippen molar-refractivity contribution in [1.82, 2.24) is 5.32 Å². The standard InChI is InChI=1S/C10H21NO4/c1-8(10(12)13)9(2)11-4-5-15-7-6-14-3/h8-9,11H,4-7H2,1-3H3,(H,12,13). The van der Waals surface area contributed by atoms with E-state index in [1.165, 1.54) is 0 Å². The normalized spacial score (nSPS) is 14.9. The van der Waals surface area contributed by atoms with Crippen LogP contribution in [0.5, 0.6) is 0 Å². The molecule has 0 fully saturated rings. The van der Waals surface area contributed by atoms with Crippen molar-refractivity contribution < 1.29 is 19.4 Å². The predicted octanol–water partition coefficient (Wildman–Crippen LogP) is 0.348. The molecule has 0 aromatic heterocycles. The summed E-state index contributed by atoms with van der Waals surface area (Å²) in [5.74, 6) is -1.17. The van der Waals surface area contributed by atoms with E-state index in [-0.39, 0.29) is 12.0 Å². The first kappa shape index (κ1) is 14.3. The molecule has 2 N–H and O–H groups in total. The van der Waals surface area contributed by atoms with Crippen molar-refractivity contribution in [3.05, 3.63) is 0 Å².